The zero-order chi connectivity index (χ0) is 16.7. The monoisotopic (exact) mass is 347 g/mol. The van der Waals surface area contributed by atoms with E-state index in [1.165, 1.54) is 6.07 Å². The summed E-state index contributed by atoms with van der Waals surface area (Å²) in [5.74, 6) is 1.13. The van der Waals surface area contributed by atoms with Crippen LogP contribution in [0.25, 0.3) is 0 Å². The highest BCUT2D eigenvalue weighted by Gasteiger charge is 2.33. The SMILES string of the molecule is CC1CC=CN2C(=N1)C(N1CCNCC1)=Nc1cc(Cl)cc(F)c12. The first-order chi connectivity index (χ1) is 11.6. The molecule has 1 N–H and O–H groups in total. The molecule has 0 radical (unpaired) electrons. The second-order valence-electron chi connectivity index (χ2n) is 6.22. The Morgan fingerprint density at radius 3 is 2.83 bits per heavy atom. The standard InChI is InChI=1S/C17H19ClFN5/c1-11-3-2-6-24-15-13(19)9-12(18)10-14(15)22-16(17(24)21-11)23-7-4-20-5-8-23/h2,6,9-11,20H,3-5,7-8H2,1H3. The number of piperazine rings is 1. The zero-order valence-corrected chi connectivity index (χ0v) is 14.2. The van der Waals surface area contributed by atoms with Crippen LogP contribution in [-0.4, -0.2) is 48.8 Å². The lowest BCUT2D eigenvalue weighted by molar-refractivity contribution is 0.360. The maximum absolute atomic E-state index is 14.6. The summed E-state index contributed by atoms with van der Waals surface area (Å²) in [5, 5.41) is 3.69. The van der Waals surface area contributed by atoms with Crippen molar-refractivity contribution in [2.45, 2.75) is 19.4 Å². The number of halogens is 2. The third kappa shape index (κ3) is 2.70. The van der Waals surface area contributed by atoms with Crippen molar-refractivity contribution in [2.75, 3.05) is 31.1 Å². The quantitative estimate of drug-likeness (QED) is 0.784. The second kappa shape index (κ2) is 6.18. The Balaban J connectivity index is 1.90. The number of rotatable bonds is 0. The largest absolute Gasteiger partial charge is 0.351 e. The molecule has 0 spiro atoms. The van der Waals surface area contributed by atoms with Crippen LogP contribution in [0.15, 0.2) is 34.4 Å². The maximum atomic E-state index is 14.6. The van der Waals surface area contributed by atoms with E-state index in [9.17, 15) is 4.39 Å². The molecule has 0 saturated carbocycles. The molecule has 0 bridgehead atoms. The lowest BCUT2D eigenvalue weighted by atomic mass is 10.1. The Morgan fingerprint density at radius 1 is 1.25 bits per heavy atom. The van der Waals surface area contributed by atoms with E-state index in [2.05, 4.69) is 17.1 Å². The molecule has 1 fully saturated rings. The van der Waals surface area contributed by atoms with E-state index in [1.807, 2.05) is 17.2 Å². The molecule has 5 nitrogen and oxygen atoms in total. The van der Waals surface area contributed by atoms with E-state index in [0.717, 1.165) is 38.4 Å². The zero-order valence-electron chi connectivity index (χ0n) is 13.5. The molecule has 0 amide bonds. The molecule has 1 unspecified atom stereocenters. The molecular formula is C17H19ClFN5. The number of benzene rings is 1. The Morgan fingerprint density at radius 2 is 2.04 bits per heavy atom. The minimum absolute atomic E-state index is 0.131. The molecule has 4 rings (SSSR count). The van der Waals surface area contributed by atoms with Gasteiger partial charge in [0.15, 0.2) is 17.5 Å². The van der Waals surface area contributed by atoms with E-state index in [4.69, 9.17) is 21.6 Å². The van der Waals surface area contributed by atoms with Crippen molar-refractivity contribution in [1.29, 1.82) is 0 Å². The smallest absolute Gasteiger partial charge is 0.176 e. The van der Waals surface area contributed by atoms with Crippen molar-refractivity contribution in [2.24, 2.45) is 9.98 Å². The summed E-state index contributed by atoms with van der Waals surface area (Å²) in [5.41, 5.74) is 0.967. The molecule has 1 aromatic rings. The topological polar surface area (TPSA) is 43.2 Å². The average molecular weight is 348 g/mol. The summed E-state index contributed by atoms with van der Waals surface area (Å²) >= 11 is 6.05. The van der Waals surface area contributed by atoms with Crippen LogP contribution in [0, 0.1) is 5.82 Å². The van der Waals surface area contributed by atoms with Crippen LogP contribution in [-0.2, 0) is 0 Å². The van der Waals surface area contributed by atoms with E-state index in [0.29, 0.717) is 22.2 Å². The van der Waals surface area contributed by atoms with Crippen molar-refractivity contribution in [1.82, 2.24) is 10.2 Å². The number of anilines is 1. The summed E-state index contributed by atoms with van der Waals surface area (Å²) in [6, 6.07) is 3.17. The molecule has 3 aliphatic rings. The number of aliphatic imine (C=N–C) groups is 2. The van der Waals surface area contributed by atoms with E-state index in [-0.39, 0.29) is 11.9 Å². The van der Waals surface area contributed by atoms with E-state index < -0.39 is 0 Å². The van der Waals surface area contributed by atoms with Crippen LogP contribution >= 0.6 is 11.6 Å². The van der Waals surface area contributed by atoms with Gasteiger partial charge in [-0.3, -0.25) is 9.89 Å². The van der Waals surface area contributed by atoms with Crippen LogP contribution in [0.3, 0.4) is 0 Å². The highest BCUT2D eigenvalue weighted by Crippen LogP contribution is 2.39. The molecule has 1 saturated heterocycles. The van der Waals surface area contributed by atoms with E-state index in [1.54, 1.807) is 6.07 Å². The number of hydrogen-bond donors (Lipinski definition) is 1. The summed E-state index contributed by atoms with van der Waals surface area (Å²) < 4.78 is 14.6. The van der Waals surface area contributed by atoms with Crippen LogP contribution in [0.5, 0.6) is 0 Å². The molecule has 7 heteroatoms. The fourth-order valence-corrected chi connectivity index (χ4v) is 3.43. The Kier molecular flexibility index (Phi) is 4.02. The van der Waals surface area contributed by atoms with Gasteiger partial charge < -0.3 is 10.2 Å². The highest BCUT2D eigenvalue weighted by atomic mass is 35.5. The predicted octanol–water partition coefficient (Wildman–Crippen LogP) is 2.94. The Hall–Kier alpha value is -1.92. The van der Waals surface area contributed by atoms with Gasteiger partial charge in [-0.15, -0.1) is 0 Å². The van der Waals surface area contributed by atoms with Crippen molar-refractivity contribution in [3.05, 3.63) is 35.2 Å². The van der Waals surface area contributed by atoms with Crippen molar-refractivity contribution in [3.8, 4) is 0 Å². The molecule has 3 heterocycles. The van der Waals surface area contributed by atoms with Gasteiger partial charge >= 0.3 is 0 Å². The van der Waals surface area contributed by atoms with Gasteiger partial charge in [0.1, 0.15) is 5.69 Å². The van der Waals surface area contributed by atoms with Gasteiger partial charge in [-0.25, -0.2) is 9.38 Å². The first kappa shape index (κ1) is 15.6. The molecular weight excluding hydrogens is 329 g/mol. The Labute approximate surface area is 145 Å². The summed E-state index contributed by atoms with van der Waals surface area (Å²) in [6.07, 6.45) is 4.74. The minimum Gasteiger partial charge on any atom is -0.351 e. The van der Waals surface area contributed by atoms with Crippen molar-refractivity contribution in [3.63, 3.8) is 0 Å². The lowest BCUT2D eigenvalue weighted by Gasteiger charge is -2.36. The summed E-state index contributed by atoms with van der Waals surface area (Å²) in [7, 11) is 0. The van der Waals surface area contributed by atoms with Crippen molar-refractivity contribution < 1.29 is 4.39 Å². The number of hydrogen-bond acceptors (Lipinski definition) is 5. The third-order valence-electron chi connectivity index (χ3n) is 4.39. The molecule has 24 heavy (non-hydrogen) atoms. The fourth-order valence-electron chi connectivity index (χ4n) is 3.23. The molecule has 3 aliphatic heterocycles. The Bertz CT molecular complexity index is 752. The van der Waals surface area contributed by atoms with Gasteiger partial charge in [0.05, 0.1) is 11.7 Å². The fraction of sp³-hybridized carbons (Fsp3) is 0.412. The number of nitrogens with one attached hydrogen (secondary N) is 1. The molecule has 1 atom stereocenters. The average Bonchev–Trinajstić information content (AvgIpc) is 2.75. The van der Waals surface area contributed by atoms with Gasteiger partial charge in [-0.1, -0.05) is 17.7 Å². The number of amidine groups is 2. The second-order valence-corrected chi connectivity index (χ2v) is 6.66. The summed E-state index contributed by atoms with van der Waals surface area (Å²) in [4.78, 5) is 13.6. The van der Waals surface area contributed by atoms with Crippen LogP contribution in [0.2, 0.25) is 5.02 Å². The summed E-state index contributed by atoms with van der Waals surface area (Å²) in [6.45, 7) is 5.55. The molecule has 126 valence electrons. The van der Waals surface area contributed by atoms with Crippen LogP contribution < -0.4 is 10.2 Å². The number of fused-ring (bicyclic) bond motifs is 3. The van der Waals surface area contributed by atoms with Crippen LogP contribution in [0.1, 0.15) is 13.3 Å². The van der Waals surface area contributed by atoms with Gasteiger partial charge in [0.25, 0.3) is 0 Å². The predicted molar refractivity (Wildman–Crippen MR) is 96.1 cm³/mol. The molecule has 1 aromatic carbocycles. The number of nitrogens with zero attached hydrogens (tertiary/aromatic N) is 4. The van der Waals surface area contributed by atoms with Gasteiger partial charge in [-0.05, 0) is 25.5 Å². The highest BCUT2D eigenvalue weighted by molar-refractivity contribution is 6.48. The van der Waals surface area contributed by atoms with Gasteiger partial charge in [-0.2, -0.15) is 0 Å². The van der Waals surface area contributed by atoms with Gasteiger partial charge in [0.2, 0.25) is 0 Å². The molecule has 0 aliphatic carbocycles. The van der Waals surface area contributed by atoms with Crippen molar-refractivity contribution >= 4 is 34.6 Å². The van der Waals surface area contributed by atoms with Crippen LogP contribution in [0.4, 0.5) is 15.8 Å². The third-order valence-corrected chi connectivity index (χ3v) is 4.61. The minimum atomic E-state index is -0.382. The maximum Gasteiger partial charge on any atom is 0.176 e. The first-order valence-electron chi connectivity index (χ1n) is 8.21. The van der Waals surface area contributed by atoms with E-state index >= 15 is 0 Å². The lowest BCUT2D eigenvalue weighted by Crippen LogP contribution is -2.52. The van der Waals surface area contributed by atoms with Gasteiger partial charge in [0, 0.05) is 37.4 Å². The normalized spacial score (nSPS) is 23.2. The first-order valence-corrected chi connectivity index (χ1v) is 8.59. The molecule has 0 aromatic heterocycles.